The van der Waals surface area contributed by atoms with Gasteiger partial charge in [0, 0.05) is 23.9 Å². The third kappa shape index (κ3) is 3.53. The fourth-order valence-electron chi connectivity index (χ4n) is 2.60. The van der Waals surface area contributed by atoms with Gasteiger partial charge in [0.2, 0.25) is 0 Å². The standard InChI is InChI=1S/C19H15BN2O3/c1-2-25-19-10-7-13-5-3-4-6-15(13)16(19)12-21-18-9-8-14(22(23)24)11-17(18)20/h3-12H,2H2,1H3. The summed E-state index contributed by atoms with van der Waals surface area (Å²) in [7, 11) is 5.88. The van der Waals surface area contributed by atoms with Gasteiger partial charge in [-0.15, -0.1) is 0 Å². The molecule has 0 saturated carbocycles. The van der Waals surface area contributed by atoms with E-state index in [0.717, 1.165) is 22.1 Å². The van der Waals surface area contributed by atoms with Crippen LogP contribution in [0.5, 0.6) is 5.75 Å². The number of nitro groups is 1. The van der Waals surface area contributed by atoms with Crippen LogP contribution in [0, 0.1) is 10.1 Å². The van der Waals surface area contributed by atoms with E-state index in [2.05, 4.69) is 4.99 Å². The Morgan fingerprint density at radius 1 is 1.20 bits per heavy atom. The second-order valence-electron chi connectivity index (χ2n) is 5.39. The number of hydrogen-bond donors (Lipinski definition) is 0. The van der Waals surface area contributed by atoms with Crippen molar-refractivity contribution >= 4 is 41.7 Å². The lowest BCUT2D eigenvalue weighted by Gasteiger charge is -2.10. The summed E-state index contributed by atoms with van der Waals surface area (Å²) < 4.78 is 5.70. The second-order valence-corrected chi connectivity index (χ2v) is 5.39. The van der Waals surface area contributed by atoms with Crippen molar-refractivity contribution < 1.29 is 9.66 Å². The molecule has 0 fully saturated rings. The molecule has 0 aromatic heterocycles. The lowest BCUT2D eigenvalue weighted by atomic mass is 9.93. The molecule has 0 atom stereocenters. The Kier molecular flexibility index (Phi) is 4.79. The predicted octanol–water partition coefficient (Wildman–Crippen LogP) is 3.69. The van der Waals surface area contributed by atoms with Crippen molar-refractivity contribution in [2.45, 2.75) is 6.92 Å². The molecule has 6 heteroatoms. The summed E-state index contributed by atoms with van der Waals surface area (Å²) in [5.74, 6) is 0.727. The molecule has 0 unspecified atom stereocenters. The molecule has 0 spiro atoms. The topological polar surface area (TPSA) is 64.7 Å². The minimum Gasteiger partial charge on any atom is -0.493 e. The monoisotopic (exact) mass is 330 g/mol. The first-order valence-electron chi connectivity index (χ1n) is 7.82. The molecule has 0 aliphatic rings. The minimum atomic E-state index is -0.484. The fourth-order valence-corrected chi connectivity index (χ4v) is 2.60. The third-order valence-corrected chi connectivity index (χ3v) is 3.79. The van der Waals surface area contributed by atoms with Crippen molar-refractivity contribution in [3.63, 3.8) is 0 Å². The van der Waals surface area contributed by atoms with Crippen molar-refractivity contribution in [2.75, 3.05) is 6.61 Å². The van der Waals surface area contributed by atoms with Gasteiger partial charge < -0.3 is 4.74 Å². The van der Waals surface area contributed by atoms with Crippen LogP contribution in [0.25, 0.3) is 10.8 Å². The molecular formula is C19H15BN2O3. The Labute approximate surface area is 146 Å². The van der Waals surface area contributed by atoms with Gasteiger partial charge in [-0.05, 0) is 29.8 Å². The maximum atomic E-state index is 10.8. The molecule has 0 saturated heterocycles. The number of ether oxygens (including phenoxy) is 1. The molecular weight excluding hydrogens is 315 g/mol. The van der Waals surface area contributed by atoms with Crippen LogP contribution >= 0.6 is 0 Å². The van der Waals surface area contributed by atoms with Crippen molar-refractivity contribution in [2.24, 2.45) is 4.99 Å². The van der Waals surface area contributed by atoms with Crippen molar-refractivity contribution in [3.05, 3.63) is 70.3 Å². The highest BCUT2D eigenvalue weighted by Gasteiger charge is 2.09. The minimum absolute atomic E-state index is 0.0587. The normalized spacial score (nSPS) is 11.1. The highest BCUT2D eigenvalue weighted by atomic mass is 16.6. The number of aliphatic imine (C=N–C) groups is 1. The van der Waals surface area contributed by atoms with Crippen LogP contribution in [0.2, 0.25) is 0 Å². The van der Waals surface area contributed by atoms with E-state index in [4.69, 9.17) is 12.6 Å². The van der Waals surface area contributed by atoms with E-state index in [1.807, 2.05) is 43.3 Å². The quantitative estimate of drug-likeness (QED) is 0.310. The first-order valence-corrected chi connectivity index (χ1v) is 7.82. The van der Waals surface area contributed by atoms with E-state index in [0.29, 0.717) is 12.3 Å². The Morgan fingerprint density at radius 2 is 2.00 bits per heavy atom. The molecule has 0 aliphatic heterocycles. The number of non-ortho nitro benzene ring substituents is 1. The number of benzene rings is 3. The van der Waals surface area contributed by atoms with Crippen LogP contribution in [0.15, 0.2) is 59.6 Å². The molecule has 25 heavy (non-hydrogen) atoms. The van der Waals surface area contributed by atoms with Gasteiger partial charge in [0.15, 0.2) is 0 Å². The zero-order valence-electron chi connectivity index (χ0n) is 13.7. The largest absolute Gasteiger partial charge is 0.493 e. The highest BCUT2D eigenvalue weighted by molar-refractivity contribution is 6.36. The third-order valence-electron chi connectivity index (χ3n) is 3.79. The summed E-state index contributed by atoms with van der Waals surface area (Å²) in [5, 5.41) is 12.9. The number of nitrogens with zero attached hydrogens (tertiary/aromatic N) is 2. The Balaban J connectivity index is 2.06. The average Bonchev–Trinajstić information content (AvgIpc) is 2.61. The van der Waals surface area contributed by atoms with Crippen molar-refractivity contribution in [1.82, 2.24) is 0 Å². The van der Waals surface area contributed by atoms with E-state index in [-0.39, 0.29) is 11.2 Å². The van der Waals surface area contributed by atoms with Crippen molar-refractivity contribution in [1.29, 1.82) is 0 Å². The number of hydrogen-bond acceptors (Lipinski definition) is 4. The highest BCUT2D eigenvalue weighted by Crippen LogP contribution is 2.27. The summed E-state index contributed by atoms with van der Waals surface area (Å²) in [6.07, 6.45) is 1.69. The van der Waals surface area contributed by atoms with Crippen molar-refractivity contribution in [3.8, 4) is 5.75 Å². The molecule has 0 aliphatic carbocycles. The second kappa shape index (κ2) is 7.17. The zero-order chi connectivity index (χ0) is 17.8. The summed E-state index contributed by atoms with van der Waals surface area (Å²) in [4.78, 5) is 14.7. The summed E-state index contributed by atoms with van der Waals surface area (Å²) in [5.41, 5.74) is 1.51. The predicted molar refractivity (Wildman–Crippen MR) is 101 cm³/mol. The summed E-state index contributed by atoms with van der Waals surface area (Å²) in [6, 6.07) is 16.1. The maximum Gasteiger partial charge on any atom is 0.268 e. The van der Waals surface area contributed by atoms with Crippen LogP contribution in [0.1, 0.15) is 12.5 Å². The van der Waals surface area contributed by atoms with E-state index >= 15 is 0 Å². The molecule has 3 aromatic rings. The van der Waals surface area contributed by atoms with Gasteiger partial charge in [0.05, 0.1) is 17.2 Å². The fraction of sp³-hybridized carbons (Fsp3) is 0.105. The smallest absolute Gasteiger partial charge is 0.268 e. The van der Waals surface area contributed by atoms with Crippen LogP contribution < -0.4 is 10.2 Å². The molecule has 122 valence electrons. The first-order chi connectivity index (χ1) is 12.1. The molecule has 0 heterocycles. The zero-order valence-corrected chi connectivity index (χ0v) is 13.7. The van der Waals surface area contributed by atoms with Gasteiger partial charge in [-0.1, -0.05) is 35.8 Å². The first kappa shape index (κ1) is 16.7. The number of nitro benzene ring substituents is 1. The lowest BCUT2D eigenvalue weighted by molar-refractivity contribution is -0.384. The molecule has 3 rings (SSSR count). The molecule has 0 bridgehead atoms. The van der Waals surface area contributed by atoms with Crippen LogP contribution in [-0.4, -0.2) is 25.6 Å². The van der Waals surface area contributed by atoms with E-state index in [9.17, 15) is 10.1 Å². The van der Waals surface area contributed by atoms with Gasteiger partial charge in [-0.25, -0.2) is 0 Å². The molecule has 3 aromatic carbocycles. The number of rotatable bonds is 5. The van der Waals surface area contributed by atoms with Gasteiger partial charge in [-0.2, -0.15) is 0 Å². The Morgan fingerprint density at radius 3 is 2.72 bits per heavy atom. The van der Waals surface area contributed by atoms with Gasteiger partial charge >= 0.3 is 0 Å². The Bertz CT molecular complexity index is 970. The molecule has 5 nitrogen and oxygen atoms in total. The van der Waals surface area contributed by atoms with Gasteiger partial charge in [0.25, 0.3) is 5.69 Å². The van der Waals surface area contributed by atoms with E-state index < -0.39 is 4.92 Å². The van der Waals surface area contributed by atoms with Crippen LogP contribution in [-0.2, 0) is 0 Å². The molecule has 0 amide bonds. The lowest BCUT2D eigenvalue weighted by Crippen LogP contribution is -2.04. The Hall–Kier alpha value is -3.15. The van der Waals surface area contributed by atoms with Gasteiger partial charge in [-0.3, -0.25) is 15.1 Å². The van der Waals surface area contributed by atoms with E-state index in [1.165, 1.54) is 18.2 Å². The maximum absolute atomic E-state index is 10.8. The van der Waals surface area contributed by atoms with Crippen LogP contribution in [0.3, 0.4) is 0 Å². The molecule has 0 N–H and O–H groups in total. The summed E-state index contributed by atoms with van der Waals surface area (Å²) >= 11 is 0. The van der Waals surface area contributed by atoms with E-state index in [1.54, 1.807) is 6.21 Å². The summed E-state index contributed by atoms with van der Waals surface area (Å²) in [6.45, 7) is 2.46. The number of fused-ring (bicyclic) bond motifs is 1. The average molecular weight is 330 g/mol. The molecule has 2 radical (unpaired) electrons. The van der Waals surface area contributed by atoms with Crippen LogP contribution in [0.4, 0.5) is 11.4 Å². The SMILES string of the molecule is [B]c1cc([N+](=O)[O-])ccc1N=Cc1c(OCC)ccc2ccccc12. The van der Waals surface area contributed by atoms with Gasteiger partial charge in [0.1, 0.15) is 13.6 Å².